The average molecular weight is 183 g/mol. The SMILES string of the molecule is COC(=O)c1ccc(CNN)n1C. The molecule has 72 valence electrons. The van der Waals surface area contributed by atoms with Crippen molar-refractivity contribution in [2.45, 2.75) is 6.54 Å². The van der Waals surface area contributed by atoms with E-state index in [1.54, 1.807) is 17.7 Å². The smallest absolute Gasteiger partial charge is 0.354 e. The molecular weight excluding hydrogens is 170 g/mol. The summed E-state index contributed by atoms with van der Waals surface area (Å²) in [4.78, 5) is 11.2. The van der Waals surface area contributed by atoms with Crippen LogP contribution < -0.4 is 11.3 Å². The maximum absolute atomic E-state index is 11.2. The Morgan fingerprint density at radius 1 is 1.69 bits per heavy atom. The third kappa shape index (κ3) is 1.88. The van der Waals surface area contributed by atoms with E-state index in [1.165, 1.54) is 7.11 Å². The van der Waals surface area contributed by atoms with E-state index in [0.717, 1.165) is 5.69 Å². The summed E-state index contributed by atoms with van der Waals surface area (Å²) in [6.07, 6.45) is 0. The Morgan fingerprint density at radius 3 is 2.92 bits per heavy atom. The second kappa shape index (κ2) is 4.06. The highest BCUT2D eigenvalue weighted by Gasteiger charge is 2.11. The molecule has 0 spiro atoms. The number of carbonyl (C=O) groups excluding carboxylic acids is 1. The summed E-state index contributed by atoms with van der Waals surface area (Å²) in [5, 5.41) is 0. The van der Waals surface area contributed by atoms with E-state index in [-0.39, 0.29) is 5.97 Å². The van der Waals surface area contributed by atoms with Gasteiger partial charge >= 0.3 is 5.97 Å². The number of methoxy groups -OCH3 is 1. The maximum atomic E-state index is 11.2. The van der Waals surface area contributed by atoms with Gasteiger partial charge in [-0.3, -0.25) is 11.3 Å². The van der Waals surface area contributed by atoms with Crippen molar-refractivity contribution >= 4 is 5.97 Å². The van der Waals surface area contributed by atoms with Crippen LogP contribution in [0.5, 0.6) is 0 Å². The summed E-state index contributed by atoms with van der Waals surface area (Å²) in [6.45, 7) is 0.521. The number of ether oxygens (including phenoxy) is 1. The fraction of sp³-hybridized carbons (Fsp3) is 0.375. The predicted molar refractivity (Wildman–Crippen MR) is 47.8 cm³/mol. The van der Waals surface area contributed by atoms with E-state index < -0.39 is 0 Å². The van der Waals surface area contributed by atoms with Crippen LogP contribution in [0.4, 0.5) is 0 Å². The molecule has 0 bridgehead atoms. The summed E-state index contributed by atoms with van der Waals surface area (Å²) < 4.78 is 6.34. The van der Waals surface area contributed by atoms with Crippen LogP contribution in [-0.4, -0.2) is 17.6 Å². The number of nitrogens with zero attached hydrogens (tertiary/aromatic N) is 1. The molecule has 0 fully saturated rings. The van der Waals surface area contributed by atoms with Gasteiger partial charge in [0, 0.05) is 12.7 Å². The first-order valence-corrected chi connectivity index (χ1v) is 3.87. The monoisotopic (exact) mass is 183 g/mol. The Labute approximate surface area is 76.4 Å². The Bertz CT molecular complexity index is 306. The molecule has 0 aliphatic carbocycles. The van der Waals surface area contributed by atoms with Gasteiger partial charge in [-0.2, -0.15) is 0 Å². The fourth-order valence-electron chi connectivity index (χ4n) is 1.15. The lowest BCUT2D eigenvalue weighted by Gasteiger charge is -2.05. The molecular formula is C8H13N3O2. The molecule has 5 nitrogen and oxygen atoms in total. The van der Waals surface area contributed by atoms with Crippen molar-refractivity contribution in [2.75, 3.05) is 7.11 Å². The third-order valence-electron chi connectivity index (χ3n) is 1.90. The van der Waals surface area contributed by atoms with Gasteiger partial charge in [0.2, 0.25) is 0 Å². The van der Waals surface area contributed by atoms with Gasteiger partial charge < -0.3 is 9.30 Å². The van der Waals surface area contributed by atoms with E-state index in [4.69, 9.17) is 5.84 Å². The topological polar surface area (TPSA) is 69.3 Å². The molecule has 3 N–H and O–H groups in total. The van der Waals surface area contributed by atoms with Crippen LogP contribution in [0, 0.1) is 0 Å². The lowest BCUT2D eigenvalue weighted by Crippen LogP contribution is -2.23. The zero-order valence-corrected chi connectivity index (χ0v) is 7.70. The van der Waals surface area contributed by atoms with Crippen molar-refractivity contribution in [2.24, 2.45) is 12.9 Å². The second-order valence-electron chi connectivity index (χ2n) is 2.64. The molecule has 1 aromatic rings. The molecule has 0 aromatic carbocycles. The zero-order valence-electron chi connectivity index (χ0n) is 7.70. The number of hydrazine groups is 1. The molecule has 0 radical (unpaired) electrons. The van der Waals surface area contributed by atoms with Crippen LogP contribution in [0.1, 0.15) is 16.2 Å². The fourth-order valence-corrected chi connectivity index (χ4v) is 1.15. The molecule has 0 unspecified atom stereocenters. The number of hydrogen-bond donors (Lipinski definition) is 2. The van der Waals surface area contributed by atoms with Crippen LogP contribution in [0.3, 0.4) is 0 Å². The quantitative estimate of drug-likeness (QED) is 0.386. The van der Waals surface area contributed by atoms with Gasteiger partial charge in [0.15, 0.2) is 0 Å². The summed E-state index contributed by atoms with van der Waals surface area (Å²) in [6, 6.07) is 3.53. The minimum atomic E-state index is -0.342. The van der Waals surface area contributed by atoms with E-state index in [9.17, 15) is 4.79 Å². The number of hydrogen-bond acceptors (Lipinski definition) is 4. The minimum absolute atomic E-state index is 0.342. The van der Waals surface area contributed by atoms with Crippen molar-refractivity contribution in [3.63, 3.8) is 0 Å². The lowest BCUT2D eigenvalue weighted by atomic mass is 10.4. The summed E-state index contributed by atoms with van der Waals surface area (Å²) in [5.41, 5.74) is 3.98. The Kier molecular flexibility index (Phi) is 3.05. The molecule has 0 aliphatic heterocycles. The standard InChI is InChI=1S/C8H13N3O2/c1-11-6(5-10-9)3-4-7(11)8(12)13-2/h3-4,10H,5,9H2,1-2H3. The highest BCUT2D eigenvalue weighted by molar-refractivity contribution is 5.87. The summed E-state index contributed by atoms with van der Waals surface area (Å²) in [5.74, 6) is 4.83. The number of nitrogens with two attached hydrogens (primary N) is 1. The molecule has 1 rings (SSSR count). The molecule has 0 aliphatic rings. The Hall–Kier alpha value is -1.33. The first-order valence-electron chi connectivity index (χ1n) is 3.87. The van der Waals surface area contributed by atoms with Gasteiger partial charge in [-0.15, -0.1) is 0 Å². The summed E-state index contributed by atoms with van der Waals surface area (Å²) >= 11 is 0. The van der Waals surface area contributed by atoms with E-state index in [0.29, 0.717) is 12.2 Å². The van der Waals surface area contributed by atoms with E-state index in [1.807, 2.05) is 6.07 Å². The molecule has 5 heteroatoms. The lowest BCUT2D eigenvalue weighted by molar-refractivity contribution is 0.0589. The highest BCUT2D eigenvalue weighted by atomic mass is 16.5. The van der Waals surface area contributed by atoms with Crippen molar-refractivity contribution in [1.29, 1.82) is 0 Å². The van der Waals surface area contributed by atoms with Gasteiger partial charge in [-0.05, 0) is 12.1 Å². The Balaban J connectivity index is 2.92. The highest BCUT2D eigenvalue weighted by Crippen LogP contribution is 2.07. The first-order chi connectivity index (χ1) is 6.20. The van der Waals surface area contributed by atoms with Crippen molar-refractivity contribution in [3.05, 3.63) is 23.5 Å². The zero-order chi connectivity index (χ0) is 9.84. The Morgan fingerprint density at radius 2 is 2.38 bits per heavy atom. The van der Waals surface area contributed by atoms with Gasteiger partial charge in [0.1, 0.15) is 5.69 Å². The van der Waals surface area contributed by atoms with Crippen molar-refractivity contribution < 1.29 is 9.53 Å². The average Bonchev–Trinajstić information content (AvgIpc) is 2.48. The largest absolute Gasteiger partial charge is 0.464 e. The molecule has 13 heavy (non-hydrogen) atoms. The van der Waals surface area contributed by atoms with E-state index >= 15 is 0 Å². The van der Waals surface area contributed by atoms with Gasteiger partial charge in [0.05, 0.1) is 13.7 Å². The third-order valence-corrected chi connectivity index (χ3v) is 1.90. The molecule has 0 saturated heterocycles. The number of rotatable bonds is 3. The van der Waals surface area contributed by atoms with Gasteiger partial charge in [-0.25, -0.2) is 4.79 Å². The molecule has 1 heterocycles. The van der Waals surface area contributed by atoms with Crippen LogP contribution in [-0.2, 0) is 18.3 Å². The first kappa shape index (κ1) is 9.76. The normalized spacial score (nSPS) is 10.1. The molecule has 0 atom stereocenters. The molecule has 0 amide bonds. The number of nitrogens with one attached hydrogen (secondary N) is 1. The van der Waals surface area contributed by atoms with Crippen LogP contribution >= 0.6 is 0 Å². The van der Waals surface area contributed by atoms with Crippen LogP contribution in [0.15, 0.2) is 12.1 Å². The molecule has 0 saturated carbocycles. The van der Waals surface area contributed by atoms with Crippen molar-refractivity contribution in [1.82, 2.24) is 9.99 Å². The number of esters is 1. The van der Waals surface area contributed by atoms with Crippen LogP contribution in [0.2, 0.25) is 0 Å². The second-order valence-corrected chi connectivity index (χ2v) is 2.64. The number of carbonyl (C=O) groups is 1. The maximum Gasteiger partial charge on any atom is 0.354 e. The predicted octanol–water partition coefficient (Wildman–Crippen LogP) is -0.225. The van der Waals surface area contributed by atoms with E-state index in [2.05, 4.69) is 10.2 Å². The van der Waals surface area contributed by atoms with Crippen LogP contribution in [0.25, 0.3) is 0 Å². The van der Waals surface area contributed by atoms with Gasteiger partial charge in [0.25, 0.3) is 0 Å². The summed E-state index contributed by atoms with van der Waals surface area (Å²) in [7, 11) is 3.15. The number of aromatic nitrogens is 1. The van der Waals surface area contributed by atoms with Crippen molar-refractivity contribution in [3.8, 4) is 0 Å². The van der Waals surface area contributed by atoms with Gasteiger partial charge in [-0.1, -0.05) is 0 Å². The minimum Gasteiger partial charge on any atom is -0.464 e. The molecule has 1 aromatic heterocycles.